The lowest BCUT2D eigenvalue weighted by atomic mass is 10.2. The lowest BCUT2D eigenvalue weighted by molar-refractivity contribution is 0.339. The molecule has 0 atom stereocenters. The summed E-state index contributed by atoms with van der Waals surface area (Å²) in [5.74, 6) is 1.15. The third kappa shape index (κ3) is 5.03. The first-order chi connectivity index (χ1) is 11.1. The normalized spacial score (nSPS) is 11.8. The summed E-state index contributed by atoms with van der Waals surface area (Å²) in [4.78, 5) is 13.1. The molecule has 2 rings (SSSR count). The summed E-state index contributed by atoms with van der Waals surface area (Å²) in [5, 5.41) is 2.50. The molecule has 0 aliphatic carbocycles. The van der Waals surface area contributed by atoms with Crippen LogP contribution in [0.3, 0.4) is 0 Å². The van der Waals surface area contributed by atoms with Gasteiger partial charge in [-0.05, 0) is 31.6 Å². The van der Waals surface area contributed by atoms with Crippen molar-refractivity contribution in [2.45, 2.75) is 20.3 Å². The second kappa shape index (κ2) is 8.24. The van der Waals surface area contributed by atoms with Gasteiger partial charge in [0.1, 0.15) is 17.3 Å². The van der Waals surface area contributed by atoms with Gasteiger partial charge in [-0.25, -0.2) is 9.98 Å². The molecule has 0 saturated carbocycles. The Hall–Kier alpha value is -2.47. The van der Waals surface area contributed by atoms with E-state index in [4.69, 9.17) is 10.5 Å². The second-order valence-corrected chi connectivity index (χ2v) is 5.55. The van der Waals surface area contributed by atoms with Crippen molar-refractivity contribution < 1.29 is 4.74 Å². The highest BCUT2D eigenvalue weighted by molar-refractivity contribution is 7.13. The van der Waals surface area contributed by atoms with E-state index in [1.54, 1.807) is 12.3 Å². The predicted molar refractivity (Wildman–Crippen MR) is 96.4 cm³/mol. The van der Waals surface area contributed by atoms with Gasteiger partial charge >= 0.3 is 0 Å². The Kier molecular flexibility index (Phi) is 6.05. The van der Waals surface area contributed by atoms with E-state index < -0.39 is 0 Å². The molecule has 0 spiro atoms. The molecule has 2 heterocycles. The Balaban J connectivity index is 2.10. The SMILES string of the molecule is C=C(/C=C\C(N)=N\c1nc(-c2ccc(OCC)cn2)cs1)CC. The Labute approximate surface area is 140 Å². The van der Waals surface area contributed by atoms with Crippen LogP contribution in [0.25, 0.3) is 11.4 Å². The van der Waals surface area contributed by atoms with Crippen LogP contribution in [0.15, 0.2) is 53.0 Å². The van der Waals surface area contributed by atoms with Crippen LogP contribution in [0.2, 0.25) is 0 Å². The van der Waals surface area contributed by atoms with Crippen LogP contribution in [0, 0.1) is 0 Å². The molecule has 2 aromatic rings. The minimum absolute atomic E-state index is 0.403. The highest BCUT2D eigenvalue weighted by atomic mass is 32.1. The number of aliphatic imine (C=N–C) groups is 1. The fourth-order valence-corrected chi connectivity index (χ4v) is 2.39. The number of thiazole rings is 1. The molecule has 0 aliphatic rings. The molecule has 5 nitrogen and oxygen atoms in total. The summed E-state index contributed by atoms with van der Waals surface area (Å²) >= 11 is 1.42. The number of hydrogen-bond acceptors (Lipinski definition) is 5. The van der Waals surface area contributed by atoms with Gasteiger partial charge in [-0.15, -0.1) is 11.3 Å². The van der Waals surface area contributed by atoms with E-state index in [1.807, 2.05) is 37.4 Å². The van der Waals surface area contributed by atoms with Gasteiger partial charge in [-0.1, -0.05) is 25.2 Å². The van der Waals surface area contributed by atoms with Crippen molar-refractivity contribution in [1.82, 2.24) is 9.97 Å². The molecule has 0 amide bonds. The average Bonchev–Trinajstić information content (AvgIpc) is 3.02. The number of rotatable bonds is 7. The zero-order valence-electron chi connectivity index (χ0n) is 13.3. The minimum Gasteiger partial charge on any atom is -0.492 e. The van der Waals surface area contributed by atoms with E-state index in [1.165, 1.54) is 11.3 Å². The van der Waals surface area contributed by atoms with Gasteiger partial charge < -0.3 is 10.5 Å². The lowest BCUT2D eigenvalue weighted by Crippen LogP contribution is -2.06. The number of ether oxygens (including phenoxy) is 1. The Bertz CT molecular complexity index is 716. The van der Waals surface area contributed by atoms with Crippen molar-refractivity contribution in [2.75, 3.05) is 6.61 Å². The lowest BCUT2D eigenvalue weighted by Gasteiger charge is -2.02. The van der Waals surface area contributed by atoms with Crippen LogP contribution in [0.5, 0.6) is 5.75 Å². The highest BCUT2D eigenvalue weighted by Crippen LogP contribution is 2.26. The van der Waals surface area contributed by atoms with Crippen molar-refractivity contribution >= 4 is 22.3 Å². The van der Waals surface area contributed by atoms with Crippen LogP contribution >= 0.6 is 11.3 Å². The first-order valence-corrected chi connectivity index (χ1v) is 8.25. The minimum atomic E-state index is 0.403. The first kappa shape index (κ1) is 16.9. The van der Waals surface area contributed by atoms with Gasteiger partial charge in [0.25, 0.3) is 0 Å². The van der Waals surface area contributed by atoms with Crippen LogP contribution in [-0.4, -0.2) is 22.4 Å². The van der Waals surface area contributed by atoms with Gasteiger partial charge in [0, 0.05) is 5.38 Å². The van der Waals surface area contributed by atoms with Gasteiger partial charge in [-0.2, -0.15) is 0 Å². The monoisotopic (exact) mass is 328 g/mol. The molecular formula is C17H20N4OS. The number of allylic oxidation sites excluding steroid dienone is 2. The average molecular weight is 328 g/mol. The quantitative estimate of drug-likeness (QED) is 0.471. The van der Waals surface area contributed by atoms with Crippen LogP contribution in [0.4, 0.5) is 5.13 Å². The molecule has 2 N–H and O–H groups in total. The molecule has 2 aromatic heterocycles. The molecule has 0 saturated heterocycles. The highest BCUT2D eigenvalue weighted by Gasteiger charge is 2.06. The van der Waals surface area contributed by atoms with Gasteiger partial charge in [0.05, 0.1) is 18.5 Å². The summed E-state index contributed by atoms with van der Waals surface area (Å²) in [5.41, 5.74) is 8.42. The van der Waals surface area contributed by atoms with Crippen LogP contribution in [-0.2, 0) is 0 Å². The summed E-state index contributed by atoms with van der Waals surface area (Å²) in [6.45, 7) is 8.48. The number of nitrogens with zero attached hydrogens (tertiary/aromatic N) is 3. The van der Waals surface area contributed by atoms with E-state index in [0.717, 1.165) is 29.1 Å². The number of amidine groups is 1. The van der Waals surface area contributed by atoms with Gasteiger partial charge in [-0.3, -0.25) is 4.98 Å². The molecule has 23 heavy (non-hydrogen) atoms. The molecule has 6 heteroatoms. The maximum absolute atomic E-state index is 5.87. The summed E-state index contributed by atoms with van der Waals surface area (Å²) in [6, 6.07) is 3.75. The van der Waals surface area contributed by atoms with E-state index >= 15 is 0 Å². The Morgan fingerprint density at radius 2 is 2.17 bits per heavy atom. The maximum Gasteiger partial charge on any atom is 0.211 e. The molecule has 0 aliphatic heterocycles. The Morgan fingerprint density at radius 3 is 2.83 bits per heavy atom. The predicted octanol–water partition coefficient (Wildman–Crippen LogP) is 4.11. The molecule has 0 bridgehead atoms. The van der Waals surface area contributed by atoms with Crippen molar-refractivity contribution in [3.63, 3.8) is 0 Å². The molecule has 0 fully saturated rings. The first-order valence-electron chi connectivity index (χ1n) is 7.37. The third-order valence-electron chi connectivity index (χ3n) is 2.97. The standard InChI is InChI=1S/C17H20N4OS/c1-4-12(3)6-9-16(18)21-17-20-15(11-23-17)14-8-7-13(10-19-14)22-5-2/h6-11H,3-5H2,1-2H3,(H2,18,20,21)/b9-6-. The van der Waals surface area contributed by atoms with E-state index in [0.29, 0.717) is 17.6 Å². The smallest absolute Gasteiger partial charge is 0.211 e. The van der Waals surface area contributed by atoms with Gasteiger partial charge in [0.2, 0.25) is 5.13 Å². The molecule has 0 unspecified atom stereocenters. The van der Waals surface area contributed by atoms with Crippen LogP contribution in [0.1, 0.15) is 20.3 Å². The zero-order chi connectivity index (χ0) is 16.7. The van der Waals surface area contributed by atoms with E-state index in [-0.39, 0.29) is 0 Å². The summed E-state index contributed by atoms with van der Waals surface area (Å²) in [7, 11) is 0. The number of aromatic nitrogens is 2. The number of pyridine rings is 1. The fraction of sp³-hybridized carbons (Fsp3) is 0.235. The summed E-state index contributed by atoms with van der Waals surface area (Å²) < 4.78 is 5.38. The maximum atomic E-state index is 5.87. The van der Waals surface area contributed by atoms with Crippen molar-refractivity contribution in [3.05, 3.63) is 48.0 Å². The molecule has 120 valence electrons. The zero-order valence-corrected chi connectivity index (χ0v) is 14.1. The third-order valence-corrected chi connectivity index (χ3v) is 3.71. The molecule has 0 radical (unpaired) electrons. The van der Waals surface area contributed by atoms with Crippen molar-refractivity contribution in [1.29, 1.82) is 0 Å². The molecule has 0 aromatic carbocycles. The van der Waals surface area contributed by atoms with Crippen molar-refractivity contribution in [2.24, 2.45) is 10.7 Å². The van der Waals surface area contributed by atoms with Crippen LogP contribution < -0.4 is 10.5 Å². The second-order valence-electron chi connectivity index (χ2n) is 4.71. The molecular weight excluding hydrogens is 308 g/mol. The number of nitrogens with two attached hydrogens (primary N) is 1. The topological polar surface area (TPSA) is 73.4 Å². The van der Waals surface area contributed by atoms with E-state index in [2.05, 4.69) is 21.5 Å². The fourth-order valence-electron chi connectivity index (χ4n) is 1.69. The summed E-state index contributed by atoms with van der Waals surface area (Å²) in [6.07, 6.45) is 6.17. The largest absolute Gasteiger partial charge is 0.492 e. The number of hydrogen-bond donors (Lipinski definition) is 1. The van der Waals surface area contributed by atoms with Gasteiger partial charge in [0.15, 0.2) is 0 Å². The van der Waals surface area contributed by atoms with E-state index in [9.17, 15) is 0 Å². The Morgan fingerprint density at radius 1 is 1.35 bits per heavy atom. The van der Waals surface area contributed by atoms with Crippen molar-refractivity contribution in [3.8, 4) is 17.1 Å².